The number of imide groups is 1. The number of aryl methyl sites for hydroxylation is 1. The molecule has 1 unspecified atom stereocenters. The van der Waals surface area contributed by atoms with Gasteiger partial charge in [0.05, 0.1) is 5.69 Å². The monoisotopic (exact) mass is 499 g/mol. The van der Waals surface area contributed by atoms with Gasteiger partial charge in [-0.1, -0.05) is 18.2 Å². The summed E-state index contributed by atoms with van der Waals surface area (Å²) in [6, 6.07) is 10.9. The van der Waals surface area contributed by atoms with E-state index in [1.165, 1.54) is 5.56 Å². The molecule has 9 nitrogen and oxygen atoms in total. The van der Waals surface area contributed by atoms with E-state index in [0.717, 1.165) is 42.8 Å². The highest BCUT2D eigenvalue weighted by molar-refractivity contribution is 6.05. The number of benzene rings is 1. The molecule has 2 saturated heterocycles. The number of fused-ring (bicyclic) bond motifs is 2. The summed E-state index contributed by atoms with van der Waals surface area (Å²) in [6.07, 6.45) is 4.40. The van der Waals surface area contributed by atoms with Crippen molar-refractivity contribution in [2.45, 2.75) is 57.7 Å². The van der Waals surface area contributed by atoms with Crippen molar-refractivity contribution in [1.29, 1.82) is 0 Å². The minimum absolute atomic E-state index is 0.0578. The maximum Gasteiger partial charge on any atom is 0.258 e. The smallest absolute Gasteiger partial charge is 0.258 e. The summed E-state index contributed by atoms with van der Waals surface area (Å²) in [6.45, 7) is 4.80. The van der Waals surface area contributed by atoms with Crippen molar-refractivity contribution in [3.8, 4) is 0 Å². The van der Waals surface area contributed by atoms with Crippen molar-refractivity contribution in [3.05, 3.63) is 80.9 Å². The minimum atomic E-state index is -0.593. The average Bonchev–Trinajstić information content (AvgIpc) is 3.20. The molecule has 5 heterocycles. The van der Waals surface area contributed by atoms with Gasteiger partial charge in [-0.25, -0.2) is 4.98 Å². The van der Waals surface area contributed by atoms with E-state index in [0.29, 0.717) is 36.6 Å². The topological polar surface area (TPSA) is 104 Å². The van der Waals surface area contributed by atoms with E-state index in [4.69, 9.17) is 0 Å². The number of pyridine rings is 1. The van der Waals surface area contributed by atoms with E-state index in [2.05, 4.69) is 21.3 Å². The normalized spacial score (nSPS) is 20.9. The lowest BCUT2D eigenvalue weighted by Crippen LogP contribution is -2.52. The summed E-state index contributed by atoms with van der Waals surface area (Å²) in [5.74, 6) is -0.416. The van der Waals surface area contributed by atoms with Crippen LogP contribution in [0, 0.1) is 6.92 Å². The average molecular weight is 500 g/mol. The van der Waals surface area contributed by atoms with E-state index >= 15 is 0 Å². The van der Waals surface area contributed by atoms with Crippen LogP contribution < -0.4 is 10.9 Å². The van der Waals surface area contributed by atoms with E-state index in [1.54, 1.807) is 15.4 Å². The second kappa shape index (κ2) is 9.23. The molecule has 0 bridgehead atoms. The quantitative estimate of drug-likeness (QED) is 0.552. The molecule has 1 aromatic carbocycles. The molecule has 3 aliphatic rings. The number of carbonyl (C=O) groups excluding carboxylic acids is 3. The van der Waals surface area contributed by atoms with Gasteiger partial charge in [0, 0.05) is 37.3 Å². The van der Waals surface area contributed by atoms with Gasteiger partial charge >= 0.3 is 0 Å². The van der Waals surface area contributed by atoms with Crippen molar-refractivity contribution < 1.29 is 14.4 Å². The number of hydrogen-bond acceptors (Lipinski definition) is 6. The zero-order valence-corrected chi connectivity index (χ0v) is 20.8. The SMILES string of the molecule is Cc1ccc2nc(CN3CCC(c4ccc5c(c4)CN(C4CCC(=O)NC4=O)C5=O)CC3)cc(=O)n2c1. The molecule has 3 aromatic rings. The second-order valence-electron chi connectivity index (χ2n) is 10.4. The fraction of sp³-hybridized carbons (Fsp3) is 0.393. The molecule has 1 N–H and O–H groups in total. The fourth-order valence-corrected chi connectivity index (χ4v) is 5.84. The Morgan fingerprint density at radius 2 is 1.81 bits per heavy atom. The second-order valence-corrected chi connectivity index (χ2v) is 10.4. The molecule has 190 valence electrons. The largest absolute Gasteiger partial charge is 0.322 e. The zero-order valence-electron chi connectivity index (χ0n) is 20.8. The zero-order chi connectivity index (χ0) is 25.7. The Kier molecular flexibility index (Phi) is 5.87. The number of aromatic nitrogens is 2. The van der Waals surface area contributed by atoms with Crippen LogP contribution in [0.1, 0.15) is 64.3 Å². The molecule has 2 fully saturated rings. The van der Waals surface area contributed by atoms with E-state index in [-0.39, 0.29) is 29.7 Å². The van der Waals surface area contributed by atoms with Crippen LogP contribution in [0.25, 0.3) is 5.65 Å². The van der Waals surface area contributed by atoms with Gasteiger partial charge in [0.1, 0.15) is 11.7 Å². The highest BCUT2D eigenvalue weighted by atomic mass is 16.2. The third-order valence-electron chi connectivity index (χ3n) is 7.85. The highest BCUT2D eigenvalue weighted by Crippen LogP contribution is 2.33. The maximum absolute atomic E-state index is 13.0. The molecule has 0 aliphatic carbocycles. The van der Waals surface area contributed by atoms with Crippen LogP contribution in [-0.2, 0) is 22.7 Å². The lowest BCUT2D eigenvalue weighted by Gasteiger charge is -2.32. The summed E-state index contributed by atoms with van der Waals surface area (Å²) < 4.78 is 1.59. The van der Waals surface area contributed by atoms with E-state index < -0.39 is 6.04 Å². The first-order chi connectivity index (χ1) is 17.9. The Hall–Kier alpha value is -3.85. The van der Waals surface area contributed by atoms with Crippen molar-refractivity contribution in [1.82, 2.24) is 24.5 Å². The lowest BCUT2D eigenvalue weighted by molar-refractivity contribution is -0.136. The van der Waals surface area contributed by atoms with E-state index in [1.807, 2.05) is 37.4 Å². The number of nitrogens with one attached hydrogen (secondary N) is 1. The minimum Gasteiger partial charge on any atom is -0.322 e. The molecule has 0 saturated carbocycles. The maximum atomic E-state index is 13.0. The summed E-state index contributed by atoms with van der Waals surface area (Å²) in [5, 5.41) is 2.35. The summed E-state index contributed by atoms with van der Waals surface area (Å²) >= 11 is 0. The van der Waals surface area contributed by atoms with Gasteiger partial charge in [0.2, 0.25) is 11.8 Å². The van der Waals surface area contributed by atoms with Crippen LogP contribution in [0.3, 0.4) is 0 Å². The van der Waals surface area contributed by atoms with Gasteiger partial charge < -0.3 is 4.90 Å². The molecule has 2 aromatic heterocycles. The summed E-state index contributed by atoms with van der Waals surface area (Å²) in [7, 11) is 0. The van der Waals surface area contributed by atoms with Crippen LogP contribution in [0.2, 0.25) is 0 Å². The Labute approximate surface area is 214 Å². The molecule has 3 aliphatic heterocycles. The first-order valence-electron chi connectivity index (χ1n) is 12.8. The van der Waals surface area contributed by atoms with Crippen LogP contribution >= 0.6 is 0 Å². The number of rotatable bonds is 4. The molecule has 37 heavy (non-hydrogen) atoms. The van der Waals surface area contributed by atoms with Crippen molar-refractivity contribution in [2.24, 2.45) is 0 Å². The first-order valence-corrected chi connectivity index (χ1v) is 12.8. The summed E-state index contributed by atoms with van der Waals surface area (Å²) in [5.41, 5.74) is 5.23. The van der Waals surface area contributed by atoms with Crippen LogP contribution in [0.15, 0.2) is 47.4 Å². The van der Waals surface area contributed by atoms with Gasteiger partial charge in [-0.3, -0.25) is 33.8 Å². The Morgan fingerprint density at radius 3 is 2.59 bits per heavy atom. The van der Waals surface area contributed by atoms with Crippen LogP contribution in [-0.4, -0.2) is 56.0 Å². The predicted octanol–water partition coefficient (Wildman–Crippen LogP) is 2.14. The number of nitrogens with zero attached hydrogens (tertiary/aromatic N) is 4. The fourth-order valence-electron chi connectivity index (χ4n) is 5.84. The van der Waals surface area contributed by atoms with Crippen molar-refractivity contribution in [2.75, 3.05) is 13.1 Å². The molecule has 1 atom stereocenters. The predicted molar refractivity (Wildman–Crippen MR) is 136 cm³/mol. The lowest BCUT2D eigenvalue weighted by atomic mass is 9.88. The van der Waals surface area contributed by atoms with Gasteiger partial charge in [-0.05, 0) is 74.0 Å². The highest BCUT2D eigenvalue weighted by Gasteiger charge is 2.39. The Balaban J connectivity index is 1.11. The molecule has 0 radical (unpaired) electrons. The van der Waals surface area contributed by atoms with Gasteiger partial charge in [0.25, 0.3) is 11.5 Å². The number of hydrogen-bond donors (Lipinski definition) is 1. The van der Waals surface area contributed by atoms with Crippen molar-refractivity contribution in [3.63, 3.8) is 0 Å². The summed E-state index contributed by atoms with van der Waals surface area (Å²) in [4.78, 5) is 57.9. The van der Waals surface area contributed by atoms with Crippen LogP contribution in [0.4, 0.5) is 0 Å². The molecular weight excluding hydrogens is 470 g/mol. The van der Waals surface area contributed by atoms with E-state index in [9.17, 15) is 19.2 Å². The molecule has 3 amide bonds. The van der Waals surface area contributed by atoms with Crippen LogP contribution in [0.5, 0.6) is 0 Å². The number of likely N-dealkylation sites (tertiary alicyclic amines) is 1. The first kappa shape index (κ1) is 23.5. The number of carbonyl (C=O) groups is 3. The third-order valence-corrected chi connectivity index (χ3v) is 7.85. The van der Waals surface area contributed by atoms with Gasteiger partial charge in [-0.2, -0.15) is 0 Å². The molecule has 0 spiro atoms. The Morgan fingerprint density at radius 1 is 1.00 bits per heavy atom. The van der Waals surface area contributed by atoms with Gasteiger partial charge in [-0.15, -0.1) is 0 Å². The molecule has 9 heteroatoms. The molecular formula is C28H29N5O4. The standard InChI is InChI=1S/C28H29N5O4/c1-17-2-6-24-29-21(13-26(35)33(24)14-17)16-31-10-8-18(9-11-31)19-3-4-22-20(12-19)15-32(28(22)37)23-5-7-25(34)30-27(23)36/h2-4,6,12-14,18,23H,5,7-11,15-16H2,1H3,(H,30,34,36). The van der Waals surface area contributed by atoms with Crippen molar-refractivity contribution >= 4 is 23.4 Å². The van der Waals surface area contributed by atoms with Gasteiger partial charge in [0.15, 0.2) is 0 Å². The Bertz CT molecular complexity index is 1490. The molecule has 6 rings (SSSR count). The number of piperidine rings is 2. The number of amides is 3. The third kappa shape index (κ3) is 4.44.